The van der Waals surface area contributed by atoms with Crippen LogP contribution in [0.5, 0.6) is 0 Å². The lowest BCUT2D eigenvalue weighted by Crippen LogP contribution is -2.41. The summed E-state index contributed by atoms with van der Waals surface area (Å²) in [6.45, 7) is 1.76. The first kappa shape index (κ1) is 17.0. The van der Waals surface area contributed by atoms with E-state index in [0.29, 0.717) is 28.5 Å². The fourth-order valence-electron chi connectivity index (χ4n) is 2.98. The summed E-state index contributed by atoms with van der Waals surface area (Å²) in [6, 6.07) is 3.01. The number of aryl methyl sites for hydroxylation is 1. The second-order valence-corrected chi connectivity index (χ2v) is 7.18. The van der Waals surface area contributed by atoms with Gasteiger partial charge in [0.1, 0.15) is 5.69 Å². The molecule has 0 radical (unpaired) electrons. The van der Waals surface area contributed by atoms with Crippen molar-refractivity contribution in [1.82, 2.24) is 10.3 Å². The van der Waals surface area contributed by atoms with Crippen LogP contribution in [0.3, 0.4) is 0 Å². The van der Waals surface area contributed by atoms with E-state index in [2.05, 4.69) is 10.3 Å². The highest BCUT2D eigenvalue weighted by Gasteiger charge is 2.42. The summed E-state index contributed by atoms with van der Waals surface area (Å²) < 4.78 is 43.9. The van der Waals surface area contributed by atoms with Crippen LogP contribution >= 0.6 is 11.3 Å². The lowest BCUT2D eigenvalue weighted by atomic mass is 9.85. The van der Waals surface area contributed by atoms with Crippen molar-refractivity contribution in [2.75, 3.05) is 0 Å². The largest absolute Gasteiger partial charge is 0.462 e. The monoisotopic (exact) mass is 358 g/mol. The van der Waals surface area contributed by atoms with Crippen LogP contribution in [0.1, 0.15) is 41.0 Å². The van der Waals surface area contributed by atoms with Crippen LogP contribution < -0.4 is 5.32 Å². The molecule has 24 heavy (non-hydrogen) atoms. The van der Waals surface area contributed by atoms with Crippen molar-refractivity contribution < 1.29 is 22.4 Å². The molecule has 0 aromatic carbocycles. The van der Waals surface area contributed by atoms with E-state index in [0.717, 1.165) is 0 Å². The van der Waals surface area contributed by atoms with Crippen LogP contribution in [0, 0.1) is 12.8 Å². The van der Waals surface area contributed by atoms with Crippen molar-refractivity contribution in [3.8, 4) is 10.8 Å². The second-order valence-electron chi connectivity index (χ2n) is 5.98. The first-order chi connectivity index (χ1) is 11.3. The van der Waals surface area contributed by atoms with Gasteiger partial charge in [0.15, 0.2) is 10.8 Å². The average molecular weight is 358 g/mol. The highest BCUT2D eigenvalue weighted by molar-refractivity contribution is 7.15. The number of carbonyl (C=O) groups is 1. The van der Waals surface area contributed by atoms with Crippen molar-refractivity contribution in [3.05, 3.63) is 29.0 Å². The smallest absolute Gasteiger partial charge is 0.391 e. The maximum Gasteiger partial charge on any atom is 0.391 e. The fourth-order valence-corrected chi connectivity index (χ4v) is 3.86. The van der Waals surface area contributed by atoms with Crippen LogP contribution in [-0.4, -0.2) is 23.1 Å². The number of rotatable bonds is 3. The van der Waals surface area contributed by atoms with Gasteiger partial charge in [0.05, 0.1) is 12.2 Å². The Balaban J connectivity index is 1.69. The molecule has 8 heteroatoms. The molecule has 130 valence electrons. The van der Waals surface area contributed by atoms with Gasteiger partial charge in [0.25, 0.3) is 5.91 Å². The number of aromatic nitrogens is 1. The van der Waals surface area contributed by atoms with E-state index >= 15 is 0 Å². The van der Waals surface area contributed by atoms with E-state index in [1.165, 1.54) is 17.6 Å². The first-order valence-electron chi connectivity index (χ1n) is 7.73. The molecule has 1 saturated carbocycles. The summed E-state index contributed by atoms with van der Waals surface area (Å²) >= 11 is 1.32. The maximum atomic E-state index is 12.9. The summed E-state index contributed by atoms with van der Waals surface area (Å²) in [5, 5.41) is 3.29. The van der Waals surface area contributed by atoms with Crippen LogP contribution in [0.4, 0.5) is 13.2 Å². The number of nitrogens with one attached hydrogen (secondary N) is 1. The molecular weight excluding hydrogens is 341 g/mol. The molecule has 1 fully saturated rings. The molecule has 2 aromatic rings. The minimum Gasteiger partial charge on any atom is -0.462 e. The minimum absolute atomic E-state index is 0.0660. The van der Waals surface area contributed by atoms with E-state index in [1.807, 2.05) is 0 Å². The highest BCUT2D eigenvalue weighted by atomic mass is 32.1. The van der Waals surface area contributed by atoms with Gasteiger partial charge < -0.3 is 9.73 Å². The molecule has 2 aromatic heterocycles. The van der Waals surface area contributed by atoms with Crippen LogP contribution in [0.25, 0.3) is 10.8 Å². The van der Waals surface area contributed by atoms with E-state index in [1.54, 1.807) is 19.1 Å². The molecule has 0 aliphatic heterocycles. The van der Waals surface area contributed by atoms with Gasteiger partial charge in [0, 0.05) is 10.9 Å². The number of halogens is 3. The number of hydrogen-bond acceptors (Lipinski definition) is 4. The predicted molar refractivity (Wildman–Crippen MR) is 83.8 cm³/mol. The van der Waals surface area contributed by atoms with Crippen LogP contribution in [0.2, 0.25) is 0 Å². The second kappa shape index (κ2) is 6.58. The zero-order valence-corrected chi connectivity index (χ0v) is 13.8. The Labute approximate surface area is 141 Å². The number of hydrogen-bond donors (Lipinski definition) is 1. The third kappa shape index (κ3) is 3.63. The van der Waals surface area contributed by atoms with Gasteiger partial charge in [-0.15, -0.1) is 11.3 Å². The Morgan fingerprint density at radius 1 is 1.42 bits per heavy atom. The lowest BCUT2D eigenvalue weighted by molar-refractivity contribution is -0.183. The third-order valence-electron chi connectivity index (χ3n) is 4.22. The number of thiazole rings is 1. The average Bonchev–Trinajstić information content (AvgIpc) is 3.15. The fraction of sp³-hybridized carbons (Fsp3) is 0.500. The summed E-state index contributed by atoms with van der Waals surface area (Å²) in [5.41, 5.74) is 0.250. The maximum absolute atomic E-state index is 12.9. The third-order valence-corrected chi connectivity index (χ3v) is 5.20. The van der Waals surface area contributed by atoms with Gasteiger partial charge >= 0.3 is 6.18 Å². The molecule has 1 aliphatic rings. The highest BCUT2D eigenvalue weighted by Crippen LogP contribution is 2.37. The van der Waals surface area contributed by atoms with Crippen LogP contribution in [-0.2, 0) is 0 Å². The molecule has 1 N–H and O–H groups in total. The number of furan rings is 1. The first-order valence-corrected chi connectivity index (χ1v) is 8.55. The Bertz CT molecular complexity index is 709. The van der Waals surface area contributed by atoms with Crippen molar-refractivity contribution in [2.45, 2.75) is 44.8 Å². The van der Waals surface area contributed by atoms with E-state index < -0.39 is 24.0 Å². The standard InChI is InChI=1S/C16H17F3N2O2S/c1-9-13(21-15(24-9)12-6-3-7-23-12)14(22)20-11-5-2-4-10(8-11)16(17,18)19/h3,6-7,10-11H,2,4-5,8H2,1H3,(H,20,22). The molecule has 4 nitrogen and oxygen atoms in total. The zero-order valence-electron chi connectivity index (χ0n) is 13.0. The number of amides is 1. The molecule has 1 aliphatic carbocycles. The minimum atomic E-state index is -4.20. The molecule has 0 saturated heterocycles. The Morgan fingerprint density at radius 2 is 2.21 bits per heavy atom. The van der Waals surface area contributed by atoms with Crippen LogP contribution in [0.15, 0.2) is 22.8 Å². The van der Waals surface area contributed by atoms with E-state index in [4.69, 9.17) is 4.42 Å². The van der Waals surface area contributed by atoms with Crippen molar-refractivity contribution >= 4 is 17.2 Å². The molecule has 2 atom stereocenters. The topological polar surface area (TPSA) is 55.1 Å². The normalized spacial score (nSPS) is 21.7. The summed E-state index contributed by atoms with van der Waals surface area (Å²) in [7, 11) is 0. The van der Waals surface area contributed by atoms with Crippen molar-refractivity contribution in [2.24, 2.45) is 5.92 Å². The molecule has 0 spiro atoms. The SMILES string of the molecule is Cc1sc(-c2ccco2)nc1C(=O)NC1CCCC(C(F)(F)F)C1. The Kier molecular flexibility index (Phi) is 4.67. The zero-order chi connectivity index (χ0) is 17.3. The summed E-state index contributed by atoms with van der Waals surface area (Å²) in [5.74, 6) is -1.20. The van der Waals surface area contributed by atoms with E-state index in [9.17, 15) is 18.0 Å². The van der Waals surface area contributed by atoms with Crippen molar-refractivity contribution in [1.29, 1.82) is 0 Å². The van der Waals surface area contributed by atoms with Gasteiger partial charge in [-0.2, -0.15) is 13.2 Å². The molecular formula is C16H17F3N2O2S. The molecule has 1 amide bonds. The Morgan fingerprint density at radius 3 is 2.88 bits per heavy atom. The van der Waals surface area contributed by atoms with Gasteiger partial charge in [-0.05, 0) is 38.3 Å². The molecule has 0 bridgehead atoms. The predicted octanol–water partition coefficient (Wildman–Crippen LogP) is 4.56. The van der Waals surface area contributed by atoms with E-state index in [-0.39, 0.29) is 18.5 Å². The quantitative estimate of drug-likeness (QED) is 0.875. The van der Waals surface area contributed by atoms with Gasteiger partial charge in [-0.1, -0.05) is 6.42 Å². The summed E-state index contributed by atoms with van der Waals surface area (Å²) in [6.07, 6.45) is -1.59. The molecule has 2 unspecified atom stereocenters. The summed E-state index contributed by atoms with van der Waals surface area (Å²) in [4.78, 5) is 17.4. The van der Waals surface area contributed by atoms with Crippen molar-refractivity contribution in [3.63, 3.8) is 0 Å². The number of alkyl halides is 3. The lowest BCUT2D eigenvalue weighted by Gasteiger charge is -2.30. The van der Waals surface area contributed by atoms with Gasteiger partial charge in [-0.25, -0.2) is 4.98 Å². The molecule has 2 heterocycles. The Hall–Kier alpha value is -1.83. The van der Waals surface area contributed by atoms with Gasteiger partial charge in [0.2, 0.25) is 0 Å². The number of carbonyl (C=O) groups excluding carboxylic acids is 1. The molecule has 3 rings (SSSR count). The number of nitrogens with zero attached hydrogens (tertiary/aromatic N) is 1. The van der Waals surface area contributed by atoms with Gasteiger partial charge in [-0.3, -0.25) is 4.79 Å².